The smallest absolute Gasteiger partial charge is 0.325 e. The van der Waals surface area contributed by atoms with Crippen LogP contribution in [0.2, 0.25) is 0 Å². The van der Waals surface area contributed by atoms with Gasteiger partial charge in [0.1, 0.15) is 12.1 Å². The van der Waals surface area contributed by atoms with E-state index in [0.29, 0.717) is 12.1 Å². The number of carbonyl (C=O) groups excluding carboxylic acids is 3. The summed E-state index contributed by atoms with van der Waals surface area (Å²) in [5.41, 5.74) is 1.60. The molecule has 36 heavy (non-hydrogen) atoms. The fourth-order valence-electron chi connectivity index (χ4n) is 4.81. The van der Waals surface area contributed by atoms with E-state index in [9.17, 15) is 14.4 Å². The van der Waals surface area contributed by atoms with Crippen LogP contribution < -0.4 is 10.6 Å². The fraction of sp³-hybridized carbons (Fsp3) is 0.321. The molecule has 2 fully saturated rings. The third-order valence-corrected chi connectivity index (χ3v) is 7.00. The van der Waals surface area contributed by atoms with Crippen LogP contribution in [-0.4, -0.2) is 60.5 Å². The van der Waals surface area contributed by atoms with Crippen molar-refractivity contribution in [3.05, 3.63) is 83.4 Å². The van der Waals surface area contributed by atoms with E-state index in [1.165, 1.54) is 0 Å². The summed E-state index contributed by atoms with van der Waals surface area (Å²) in [6, 6.07) is 20.9. The first-order chi connectivity index (χ1) is 17.4. The van der Waals surface area contributed by atoms with Crippen LogP contribution in [-0.2, 0) is 33.0 Å². The maximum Gasteiger partial charge on any atom is 0.325 e. The second-order valence-corrected chi connectivity index (χ2v) is 9.44. The van der Waals surface area contributed by atoms with E-state index < -0.39 is 17.5 Å². The lowest BCUT2D eigenvalue weighted by molar-refractivity contribution is -0.134. The summed E-state index contributed by atoms with van der Waals surface area (Å²) in [6.45, 7) is 5.66. The molecule has 0 unspecified atom stereocenters. The van der Waals surface area contributed by atoms with Gasteiger partial charge in [0, 0.05) is 26.2 Å². The summed E-state index contributed by atoms with van der Waals surface area (Å²) in [6.07, 6.45) is 0. The molecule has 2 saturated heterocycles. The van der Waals surface area contributed by atoms with Crippen molar-refractivity contribution in [2.75, 3.05) is 32.8 Å². The Kier molecular flexibility index (Phi) is 6.71. The molecule has 2 aliphatic heterocycles. The molecule has 0 bridgehead atoms. The van der Waals surface area contributed by atoms with Crippen molar-refractivity contribution in [3.8, 4) is 0 Å². The molecule has 3 aromatic carbocycles. The van der Waals surface area contributed by atoms with Crippen LogP contribution in [0.4, 0.5) is 4.79 Å². The highest BCUT2D eigenvalue weighted by Gasteiger charge is 2.49. The van der Waals surface area contributed by atoms with Crippen molar-refractivity contribution < 1.29 is 19.1 Å². The first-order valence-electron chi connectivity index (χ1n) is 12.2. The number of ether oxygens (including phenoxy) is 1. The standard InChI is InChI=1S/C28H30N4O4/c1-28(24-11-10-20-6-2-3-7-21(20)16-24)26(34)32(27(35)30-28)19-25(33)29-17-22-8-4-5-9-23(22)18-31-12-14-36-15-13-31/h2-11,16H,12-15,17-19H2,1H3,(H,29,33)(H,30,35)/t28-/m0/s1. The number of fused-ring (bicyclic) bond motifs is 1. The molecular weight excluding hydrogens is 456 g/mol. The number of hydrogen-bond donors (Lipinski definition) is 2. The van der Waals surface area contributed by atoms with Gasteiger partial charge in [-0.05, 0) is 40.5 Å². The maximum atomic E-state index is 13.3. The molecular formula is C28H30N4O4. The van der Waals surface area contributed by atoms with Gasteiger partial charge in [-0.3, -0.25) is 19.4 Å². The van der Waals surface area contributed by atoms with Gasteiger partial charge in [-0.1, -0.05) is 60.7 Å². The zero-order valence-corrected chi connectivity index (χ0v) is 20.3. The number of urea groups is 1. The van der Waals surface area contributed by atoms with Crippen molar-refractivity contribution in [3.63, 3.8) is 0 Å². The predicted octanol–water partition coefficient (Wildman–Crippen LogP) is 2.76. The van der Waals surface area contributed by atoms with Gasteiger partial charge in [0.05, 0.1) is 13.2 Å². The lowest BCUT2D eigenvalue weighted by Gasteiger charge is -2.27. The SMILES string of the molecule is C[C@@]1(c2ccc3ccccc3c2)NC(=O)N(CC(=O)NCc2ccccc2CN2CCOCC2)C1=O. The highest BCUT2D eigenvalue weighted by Crippen LogP contribution is 2.31. The first-order valence-corrected chi connectivity index (χ1v) is 12.2. The number of imide groups is 1. The molecule has 8 nitrogen and oxygen atoms in total. The van der Waals surface area contributed by atoms with Crippen molar-refractivity contribution in [2.45, 2.75) is 25.6 Å². The summed E-state index contributed by atoms with van der Waals surface area (Å²) in [7, 11) is 0. The van der Waals surface area contributed by atoms with Crippen LogP contribution in [0.15, 0.2) is 66.7 Å². The van der Waals surface area contributed by atoms with Gasteiger partial charge in [-0.15, -0.1) is 0 Å². The summed E-state index contributed by atoms with van der Waals surface area (Å²) >= 11 is 0. The number of rotatable bonds is 7. The highest BCUT2D eigenvalue weighted by molar-refractivity contribution is 6.09. The number of nitrogens with one attached hydrogen (secondary N) is 2. The Morgan fingerprint density at radius 1 is 0.972 bits per heavy atom. The molecule has 8 heteroatoms. The molecule has 2 N–H and O–H groups in total. The maximum absolute atomic E-state index is 13.3. The van der Waals surface area contributed by atoms with Crippen LogP contribution in [0.1, 0.15) is 23.6 Å². The minimum atomic E-state index is -1.23. The number of morpholine rings is 1. The first kappa shape index (κ1) is 24.0. The van der Waals surface area contributed by atoms with Crippen molar-refractivity contribution in [2.24, 2.45) is 0 Å². The third kappa shape index (κ3) is 4.82. The monoisotopic (exact) mass is 486 g/mol. The molecule has 0 aliphatic carbocycles. The normalized spacial score (nSPS) is 20.5. The number of amides is 4. The van der Waals surface area contributed by atoms with E-state index in [2.05, 4.69) is 21.6 Å². The van der Waals surface area contributed by atoms with E-state index in [4.69, 9.17) is 4.74 Å². The van der Waals surface area contributed by atoms with Gasteiger partial charge in [-0.2, -0.15) is 0 Å². The number of hydrogen-bond acceptors (Lipinski definition) is 5. The summed E-state index contributed by atoms with van der Waals surface area (Å²) in [5, 5.41) is 7.69. The quantitative estimate of drug-likeness (QED) is 0.501. The fourth-order valence-corrected chi connectivity index (χ4v) is 4.81. The molecule has 186 valence electrons. The Labute approximate surface area is 210 Å². The van der Waals surface area contributed by atoms with Gasteiger partial charge >= 0.3 is 6.03 Å². The topological polar surface area (TPSA) is 91.0 Å². The molecule has 2 heterocycles. The molecule has 0 saturated carbocycles. The van der Waals surface area contributed by atoms with E-state index in [-0.39, 0.29) is 12.5 Å². The van der Waals surface area contributed by atoms with Crippen LogP contribution in [0, 0.1) is 0 Å². The zero-order valence-electron chi connectivity index (χ0n) is 20.3. The Morgan fingerprint density at radius 2 is 1.67 bits per heavy atom. The zero-order chi connectivity index (χ0) is 25.1. The van der Waals surface area contributed by atoms with Gasteiger partial charge in [0.15, 0.2) is 0 Å². The van der Waals surface area contributed by atoms with Crippen molar-refractivity contribution in [1.29, 1.82) is 0 Å². The van der Waals surface area contributed by atoms with Crippen LogP contribution in [0.25, 0.3) is 10.8 Å². The third-order valence-electron chi connectivity index (χ3n) is 7.00. The molecule has 4 amide bonds. The minimum Gasteiger partial charge on any atom is -0.379 e. The molecule has 0 radical (unpaired) electrons. The number of carbonyl (C=O) groups is 3. The number of benzene rings is 3. The lowest BCUT2D eigenvalue weighted by Crippen LogP contribution is -2.43. The summed E-state index contributed by atoms with van der Waals surface area (Å²) in [5.74, 6) is -0.826. The van der Waals surface area contributed by atoms with Gasteiger partial charge < -0.3 is 15.4 Å². The average Bonchev–Trinajstić information content (AvgIpc) is 3.12. The second-order valence-electron chi connectivity index (χ2n) is 9.44. The van der Waals surface area contributed by atoms with Crippen LogP contribution in [0.5, 0.6) is 0 Å². The molecule has 1 atom stereocenters. The van der Waals surface area contributed by atoms with Crippen molar-refractivity contribution in [1.82, 2.24) is 20.4 Å². The Morgan fingerprint density at radius 3 is 2.44 bits per heavy atom. The number of nitrogens with zero attached hydrogens (tertiary/aromatic N) is 2. The Bertz CT molecular complexity index is 1300. The van der Waals surface area contributed by atoms with Gasteiger partial charge in [0.25, 0.3) is 5.91 Å². The molecule has 3 aromatic rings. The molecule has 5 rings (SSSR count). The molecule has 0 aromatic heterocycles. The van der Waals surface area contributed by atoms with Crippen LogP contribution in [0.3, 0.4) is 0 Å². The second kappa shape index (κ2) is 10.1. The van der Waals surface area contributed by atoms with Gasteiger partial charge in [-0.25, -0.2) is 4.79 Å². The Balaban J connectivity index is 1.23. The Hall–Kier alpha value is -3.75. The molecule has 0 spiro atoms. The molecule has 2 aliphatic rings. The van der Waals surface area contributed by atoms with E-state index in [1.807, 2.05) is 60.7 Å². The largest absolute Gasteiger partial charge is 0.379 e. The van der Waals surface area contributed by atoms with E-state index in [0.717, 1.165) is 59.6 Å². The van der Waals surface area contributed by atoms with E-state index >= 15 is 0 Å². The lowest BCUT2D eigenvalue weighted by atomic mass is 9.90. The summed E-state index contributed by atoms with van der Waals surface area (Å²) < 4.78 is 5.43. The van der Waals surface area contributed by atoms with Gasteiger partial charge in [0.2, 0.25) is 5.91 Å². The summed E-state index contributed by atoms with van der Waals surface area (Å²) in [4.78, 5) is 42.1. The van der Waals surface area contributed by atoms with E-state index in [1.54, 1.807) is 6.92 Å². The average molecular weight is 487 g/mol. The minimum absolute atomic E-state index is 0.324. The highest BCUT2D eigenvalue weighted by atomic mass is 16.5. The van der Waals surface area contributed by atoms with Crippen molar-refractivity contribution >= 4 is 28.6 Å². The predicted molar refractivity (Wildman–Crippen MR) is 136 cm³/mol. The van der Waals surface area contributed by atoms with Crippen LogP contribution >= 0.6 is 0 Å².